The van der Waals surface area contributed by atoms with E-state index in [1.165, 1.54) is 0 Å². The number of aldehydes is 1. The van der Waals surface area contributed by atoms with Gasteiger partial charge >= 0.3 is 6.09 Å². The van der Waals surface area contributed by atoms with Crippen LogP contribution < -0.4 is 5.43 Å². The highest BCUT2D eigenvalue weighted by Gasteiger charge is 2.01. The van der Waals surface area contributed by atoms with Crippen LogP contribution >= 0.6 is 0 Å². The van der Waals surface area contributed by atoms with Gasteiger partial charge in [0.25, 0.3) is 0 Å². The molecule has 0 aromatic carbocycles. The third kappa shape index (κ3) is 5.99. The fourth-order valence-corrected chi connectivity index (χ4v) is 0.646. The lowest BCUT2D eigenvalue weighted by Gasteiger charge is -2.04. The number of nitrogens with one attached hydrogen (secondary N) is 1. The highest BCUT2D eigenvalue weighted by Crippen LogP contribution is 1.86. The predicted molar refractivity (Wildman–Crippen MR) is 49.9 cm³/mol. The molecule has 0 atom stereocenters. The molecule has 0 heterocycles. The first-order valence-corrected chi connectivity index (χ1v) is 4.30. The van der Waals surface area contributed by atoms with Crippen LogP contribution in [0.25, 0.3) is 0 Å². The second-order valence-electron chi connectivity index (χ2n) is 2.14. The molecule has 0 spiro atoms. The van der Waals surface area contributed by atoms with Gasteiger partial charge in [-0.2, -0.15) is 0 Å². The Morgan fingerprint density at radius 3 is 2.50 bits per heavy atom. The molecular weight excluding hydrogens is 188 g/mol. The first kappa shape index (κ1) is 12.4. The van der Waals surface area contributed by atoms with Crippen molar-refractivity contribution in [2.75, 3.05) is 13.2 Å². The molecule has 0 saturated heterocycles. The van der Waals surface area contributed by atoms with Crippen molar-refractivity contribution in [3.8, 4) is 0 Å². The summed E-state index contributed by atoms with van der Waals surface area (Å²) in [5, 5.41) is 3.56. The lowest BCUT2D eigenvalue weighted by molar-refractivity contribution is -0.107. The zero-order valence-corrected chi connectivity index (χ0v) is 8.28. The van der Waals surface area contributed by atoms with Crippen molar-refractivity contribution in [1.29, 1.82) is 0 Å². The molecular formula is C8H14N2O4. The third-order valence-electron chi connectivity index (χ3n) is 1.12. The van der Waals surface area contributed by atoms with Crippen LogP contribution in [0.5, 0.6) is 0 Å². The van der Waals surface area contributed by atoms with E-state index in [-0.39, 0.29) is 18.9 Å². The van der Waals surface area contributed by atoms with E-state index >= 15 is 0 Å². The fraction of sp³-hybridized carbons (Fsp3) is 0.625. The first-order chi connectivity index (χ1) is 6.74. The number of hydrogen-bond donors (Lipinski definition) is 1. The molecule has 0 bridgehead atoms. The Balaban J connectivity index is 4.00. The highest BCUT2D eigenvalue weighted by molar-refractivity contribution is 5.88. The van der Waals surface area contributed by atoms with Gasteiger partial charge in [-0.3, -0.25) is 0 Å². The summed E-state index contributed by atoms with van der Waals surface area (Å²) < 4.78 is 9.51. The first-order valence-electron chi connectivity index (χ1n) is 4.30. The van der Waals surface area contributed by atoms with Crippen LogP contribution in [0.2, 0.25) is 0 Å². The number of amides is 1. The van der Waals surface area contributed by atoms with E-state index in [1.807, 2.05) is 0 Å². The van der Waals surface area contributed by atoms with E-state index in [2.05, 4.69) is 15.3 Å². The van der Waals surface area contributed by atoms with Crippen molar-refractivity contribution in [2.45, 2.75) is 20.3 Å². The van der Waals surface area contributed by atoms with Crippen molar-refractivity contribution >= 4 is 18.3 Å². The number of rotatable bonds is 5. The molecule has 0 aliphatic heterocycles. The Morgan fingerprint density at radius 1 is 1.36 bits per heavy atom. The van der Waals surface area contributed by atoms with Crippen molar-refractivity contribution < 1.29 is 19.1 Å². The zero-order valence-electron chi connectivity index (χ0n) is 8.28. The number of hydrogen-bond acceptors (Lipinski definition) is 5. The van der Waals surface area contributed by atoms with E-state index in [0.29, 0.717) is 12.9 Å². The highest BCUT2D eigenvalue weighted by atomic mass is 16.6. The summed E-state index contributed by atoms with van der Waals surface area (Å²) in [6.07, 6.45) is -0.00251. The minimum absolute atomic E-state index is 0.0280. The van der Waals surface area contributed by atoms with Crippen LogP contribution in [0.1, 0.15) is 20.3 Å². The molecule has 0 saturated carbocycles. The topological polar surface area (TPSA) is 77.0 Å². The van der Waals surface area contributed by atoms with Crippen LogP contribution in [0.3, 0.4) is 0 Å². The van der Waals surface area contributed by atoms with Crippen LogP contribution in [0, 0.1) is 0 Å². The minimum Gasteiger partial charge on any atom is -0.480 e. The Labute approximate surface area is 82.3 Å². The SMILES string of the molecule is CCOC(=O)NN=C(CC=O)OCC. The zero-order chi connectivity index (χ0) is 10.8. The number of carbonyl (C=O) groups is 2. The standard InChI is InChI=1S/C8H14N2O4/c1-3-13-7(5-6-11)9-10-8(12)14-4-2/h6H,3-5H2,1-2H3,(H,10,12). The quantitative estimate of drug-likeness (QED) is 0.307. The van der Waals surface area contributed by atoms with Crippen LogP contribution in [0.15, 0.2) is 5.10 Å². The molecule has 0 unspecified atom stereocenters. The summed E-state index contributed by atoms with van der Waals surface area (Å²) >= 11 is 0. The Hall–Kier alpha value is -1.59. The molecule has 0 aliphatic carbocycles. The fourth-order valence-electron chi connectivity index (χ4n) is 0.646. The maximum absolute atomic E-state index is 10.8. The summed E-state index contributed by atoms with van der Waals surface area (Å²) in [6.45, 7) is 4.08. The van der Waals surface area contributed by atoms with Gasteiger partial charge in [-0.05, 0) is 13.8 Å². The Morgan fingerprint density at radius 2 is 2.00 bits per heavy atom. The second kappa shape index (κ2) is 8.03. The van der Waals surface area contributed by atoms with E-state index in [0.717, 1.165) is 0 Å². The normalized spacial score (nSPS) is 10.6. The van der Waals surface area contributed by atoms with Crippen molar-refractivity contribution in [1.82, 2.24) is 5.43 Å². The molecule has 1 amide bonds. The van der Waals surface area contributed by atoms with Gasteiger partial charge in [0, 0.05) is 0 Å². The van der Waals surface area contributed by atoms with Gasteiger partial charge in [0.1, 0.15) is 6.29 Å². The largest absolute Gasteiger partial charge is 0.480 e. The van der Waals surface area contributed by atoms with Gasteiger partial charge in [-0.1, -0.05) is 0 Å². The summed E-state index contributed by atoms with van der Waals surface area (Å²) in [5.41, 5.74) is 2.10. The molecule has 1 N–H and O–H groups in total. The number of nitrogens with zero attached hydrogens (tertiary/aromatic N) is 1. The summed E-state index contributed by atoms with van der Waals surface area (Å²) in [4.78, 5) is 20.9. The molecule has 14 heavy (non-hydrogen) atoms. The summed E-state index contributed by atoms with van der Waals surface area (Å²) in [6, 6.07) is 0. The van der Waals surface area contributed by atoms with Crippen molar-refractivity contribution in [3.05, 3.63) is 0 Å². The van der Waals surface area contributed by atoms with E-state index in [4.69, 9.17) is 4.74 Å². The maximum Gasteiger partial charge on any atom is 0.427 e. The van der Waals surface area contributed by atoms with Gasteiger partial charge < -0.3 is 14.3 Å². The van der Waals surface area contributed by atoms with E-state index < -0.39 is 6.09 Å². The molecule has 0 aromatic rings. The molecule has 6 heteroatoms. The number of hydrazone groups is 1. The molecule has 0 aromatic heterocycles. The average Bonchev–Trinajstić information content (AvgIpc) is 2.15. The molecule has 0 radical (unpaired) electrons. The Bertz CT molecular complexity index is 215. The van der Waals surface area contributed by atoms with E-state index in [9.17, 15) is 9.59 Å². The molecule has 80 valence electrons. The third-order valence-corrected chi connectivity index (χ3v) is 1.12. The molecule has 6 nitrogen and oxygen atoms in total. The summed E-state index contributed by atoms with van der Waals surface area (Å²) in [7, 11) is 0. The smallest absolute Gasteiger partial charge is 0.427 e. The molecule has 0 aliphatic rings. The van der Waals surface area contributed by atoms with Gasteiger partial charge in [0.15, 0.2) is 0 Å². The second-order valence-corrected chi connectivity index (χ2v) is 2.14. The van der Waals surface area contributed by atoms with E-state index in [1.54, 1.807) is 13.8 Å². The molecule has 0 fully saturated rings. The van der Waals surface area contributed by atoms with Gasteiger partial charge in [-0.25, -0.2) is 10.2 Å². The Kier molecular flexibility index (Phi) is 7.12. The molecule has 0 rings (SSSR count). The van der Waals surface area contributed by atoms with Crippen LogP contribution in [0.4, 0.5) is 4.79 Å². The van der Waals surface area contributed by atoms with Crippen molar-refractivity contribution in [3.63, 3.8) is 0 Å². The van der Waals surface area contributed by atoms with Gasteiger partial charge in [0.2, 0.25) is 5.90 Å². The van der Waals surface area contributed by atoms with Crippen LogP contribution in [-0.2, 0) is 14.3 Å². The lowest BCUT2D eigenvalue weighted by atomic mass is 10.5. The lowest BCUT2D eigenvalue weighted by Crippen LogP contribution is -2.21. The average molecular weight is 202 g/mol. The number of carbonyl (C=O) groups excluding carboxylic acids is 2. The van der Waals surface area contributed by atoms with Gasteiger partial charge in [0.05, 0.1) is 19.6 Å². The minimum atomic E-state index is -0.671. The monoisotopic (exact) mass is 202 g/mol. The maximum atomic E-state index is 10.8. The summed E-state index contributed by atoms with van der Waals surface area (Å²) in [5.74, 6) is 0.163. The van der Waals surface area contributed by atoms with Crippen LogP contribution in [-0.4, -0.2) is 31.5 Å². The number of ether oxygens (including phenoxy) is 2. The predicted octanol–water partition coefficient (Wildman–Crippen LogP) is 0.671. The van der Waals surface area contributed by atoms with Gasteiger partial charge in [-0.15, -0.1) is 5.10 Å². The van der Waals surface area contributed by atoms with Crippen molar-refractivity contribution in [2.24, 2.45) is 5.10 Å².